The number of piperidine rings is 1. The van der Waals surface area contributed by atoms with Gasteiger partial charge in [0.05, 0.1) is 5.69 Å². The smallest absolute Gasteiger partial charge is 0.0520 e. The molecule has 66 valence electrons. The minimum Gasteiger partial charge on any atom is -0.380 e. The van der Waals surface area contributed by atoms with Crippen molar-refractivity contribution in [2.45, 2.75) is 18.9 Å². The first kappa shape index (κ1) is 7.68. The summed E-state index contributed by atoms with van der Waals surface area (Å²) in [5.41, 5.74) is 1.20. The highest BCUT2D eigenvalue weighted by Crippen LogP contribution is 2.10. The van der Waals surface area contributed by atoms with E-state index in [9.17, 15) is 0 Å². The molecule has 0 saturated carbocycles. The molecule has 0 spiro atoms. The third-order valence-corrected chi connectivity index (χ3v) is 2.27. The topological polar surface area (TPSA) is 39.8 Å². The molecule has 0 aromatic carbocycles. The van der Waals surface area contributed by atoms with Gasteiger partial charge in [-0.25, -0.2) is 0 Å². The lowest BCUT2D eigenvalue weighted by Crippen LogP contribution is -2.38. The summed E-state index contributed by atoms with van der Waals surface area (Å²) in [7, 11) is 0. The summed E-state index contributed by atoms with van der Waals surface area (Å²) in [6.07, 6.45) is 6.49. The van der Waals surface area contributed by atoms with Crippen molar-refractivity contribution in [3.63, 3.8) is 0 Å². The third-order valence-electron chi connectivity index (χ3n) is 2.27. The Labute approximate surface area is 72.6 Å². The Balaban J connectivity index is 1.86. The third kappa shape index (κ3) is 1.80. The first-order chi connectivity index (χ1) is 5.95. The Morgan fingerprint density at radius 2 is 2.50 bits per heavy atom. The normalized spacial score (nSPS) is 23.8. The van der Waals surface area contributed by atoms with E-state index in [-0.39, 0.29) is 0 Å². The Hall–Kier alpha value is -0.960. The van der Waals surface area contributed by atoms with Gasteiger partial charge in [0.15, 0.2) is 0 Å². The second-order valence-corrected chi connectivity index (χ2v) is 3.29. The predicted molar refractivity (Wildman–Crippen MR) is 50.3 cm³/mol. The van der Waals surface area contributed by atoms with Gasteiger partial charge in [0, 0.05) is 25.0 Å². The van der Waals surface area contributed by atoms with Crippen LogP contribution in [0, 0.1) is 0 Å². The minimum absolute atomic E-state index is 0.606. The molecular formula is C9H15N3. The van der Waals surface area contributed by atoms with Crippen molar-refractivity contribution >= 4 is 5.69 Å². The molecule has 0 amide bonds. The van der Waals surface area contributed by atoms with Crippen molar-refractivity contribution in [3.05, 3.63) is 18.5 Å². The molecule has 1 atom stereocenters. The highest BCUT2D eigenvalue weighted by Gasteiger charge is 2.11. The number of H-pyrrole nitrogens is 1. The molecule has 2 heterocycles. The summed E-state index contributed by atoms with van der Waals surface area (Å²) in [5.74, 6) is 0. The lowest BCUT2D eigenvalue weighted by atomic mass is 10.1. The quantitative estimate of drug-likeness (QED) is 0.616. The lowest BCUT2D eigenvalue weighted by molar-refractivity contribution is 0.480. The van der Waals surface area contributed by atoms with Gasteiger partial charge in [-0.3, -0.25) is 0 Å². The van der Waals surface area contributed by atoms with Gasteiger partial charge >= 0.3 is 0 Å². The Morgan fingerprint density at radius 1 is 1.50 bits per heavy atom. The second kappa shape index (κ2) is 3.63. The molecule has 1 saturated heterocycles. The lowest BCUT2D eigenvalue weighted by Gasteiger charge is -2.24. The van der Waals surface area contributed by atoms with E-state index in [2.05, 4.69) is 21.7 Å². The van der Waals surface area contributed by atoms with Crippen molar-refractivity contribution in [2.75, 3.05) is 18.4 Å². The fraction of sp³-hybridized carbons (Fsp3) is 0.556. The van der Waals surface area contributed by atoms with Crippen molar-refractivity contribution in [3.8, 4) is 0 Å². The van der Waals surface area contributed by atoms with Gasteiger partial charge in [-0.1, -0.05) is 0 Å². The molecule has 0 unspecified atom stereocenters. The average Bonchev–Trinajstić information content (AvgIpc) is 2.59. The Kier molecular flexibility index (Phi) is 2.32. The van der Waals surface area contributed by atoms with Gasteiger partial charge in [0.25, 0.3) is 0 Å². The van der Waals surface area contributed by atoms with Crippen molar-refractivity contribution < 1.29 is 0 Å². The summed E-state index contributed by atoms with van der Waals surface area (Å²) < 4.78 is 0. The molecule has 0 bridgehead atoms. The van der Waals surface area contributed by atoms with Crippen LogP contribution >= 0.6 is 0 Å². The van der Waals surface area contributed by atoms with Crippen LogP contribution in [0.3, 0.4) is 0 Å². The zero-order chi connectivity index (χ0) is 8.23. The first-order valence-electron chi connectivity index (χ1n) is 4.55. The molecule has 1 aromatic rings. The largest absolute Gasteiger partial charge is 0.380 e. The maximum absolute atomic E-state index is 3.47. The SMILES string of the molecule is c1cc(N[C@@H]2CCCNC2)c[nH]1. The minimum atomic E-state index is 0.606. The fourth-order valence-electron chi connectivity index (χ4n) is 1.62. The van der Waals surface area contributed by atoms with E-state index in [0.717, 1.165) is 6.54 Å². The molecule has 2 rings (SSSR count). The molecule has 1 aliphatic rings. The second-order valence-electron chi connectivity index (χ2n) is 3.29. The zero-order valence-corrected chi connectivity index (χ0v) is 7.14. The molecule has 1 aliphatic heterocycles. The number of rotatable bonds is 2. The molecule has 3 nitrogen and oxygen atoms in total. The average molecular weight is 165 g/mol. The van der Waals surface area contributed by atoms with Crippen LogP contribution < -0.4 is 10.6 Å². The van der Waals surface area contributed by atoms with E-state index < -0.39 is 0 Å². The van der Waals surface area contributed by atoms with E-state index in [4.69, 9.17) is 0 Å². The van der Waals surface area contributed by atoms with E-state index in [1.807, 2.05) is 12.4 Å². The molecule has 12 heavy (non-hydrogen) atoms. The predicted octanol–water partition coefficient (Wildman–Crippen LogP) is 1.18. The van der Waals surface area contributed by atoms with Crippen LogP contribution in [0.1, 0.15) is 12.8 Å². The van der Waals surface area contributed by atoms with Crippen molar-refractivity contribution in [1.29, 1.82) is 0 Å². The van der Waals surface area contributed by atoms with Crippen molar-refractivity contribution in [2.24, 2.45) is 0 Å². The van der Waals surface area contributed by atoms with Gasteiger partial charge in [-0.15, -0.1) is 0 Å². The van der Waals surface area contributed by atoms with Crippen LogP contribution in [-0.4, -0.2) is 24.1 Å². The zero-order valence-electron chi connectivity index (χ0n) is 7.14. The summed E-state index contributed by atoms with van der Waals surface area (Å²) in [6, 6.07) is 2.67. The highest BCUT2D eigenvalue weighted by molar-refractivity contribution is 5.41. The fourth-order valence-corrected chi connectivity index (χ4v) is 1.62. The number of anilines is 1. The number of aromatic amines is 1. The molecular weight excluding hydrogens is 150 g/mol. The first-order valence-corrected chi connectivity index (χ1v) is 4.55. The van der Waals surface area contributed by atoms with E-state index >= 15 is 0 Å². The molecule has 1 aromatic heterocycles. The number of nitrogens with one attached hydrogen (secondary N) is 3. The summed E-state index contributed by atoms with van der Waals surface area (Å²) in [6.45, 7) is 2.26. The number of hydrogen-bond acceptors (Lipinski definition) is 2. The van der Waals surface area contributed by atoms with Crippen LogP contribution in [0.5, 0.6) is 0 Å². The van der Waals surface area contributed by atoms with Gasteiger partial charge in [-0.05, 0) is 25.5 Å². The monoisotopic (exact) mass is 165 g/mol. The van der Waals surface area contributed by atoms with E-state index in [0.29, 0.717) is 6.04 Å². The summed E-state index contributed by atoms with van der Waals surface area (Å²) in [5, 5.41) is 6.84. The van der Waals surface area contributed by atoms with Gasteiger partial charge in [-0.2, -0.15) is 0 Å². The van der Waals surface area contributed by atoms with Crippen LogP contribution in [0.2, 0.25) is 0 Å². The molecule has 0 radical (unpaired) electrons. The van der Waals surface area contributed by atoms with E-state index in [1.165, 1.54) is 25.1 Å². The summed E-state index contributed by atoms with van der Waals surface area (Å²) >= 11 is 0. The van der Waals surface area contributed by atoms with Gasteiger partial charge in [0.1, 0.15) is 0 Å². The molecule has 0 aliphatic carbocycles. The summed E-state index contributed by atoms with van der Waals surface area (Å²) in [4.78, 5) is 3.04. The maximum atomic E-state index is 3.47. The maximum Gasteiger partial charge on any atom is 0.0520 e. The van der Waals surface area contributed by atoms with E-state index in [1.54, 1.807) is 0 Å². The molecule has 1 fully saturated rings. The standard InChI is InChI=1S/C9H15N3/c1-2-8(6-10-4-1)12-9-3-5-11-7-9/h3,5,7-8,10-12H,1-2,4,6H2/t8-/m1/s1. The van der Waals surface area contributed by atoms with Crippen LogP contribution in [0.4, 0.5) is 5.69 Å². The van der Waals surface area contributed by atoms with Crippen LogP contribution in [-0.2, 0) is 0 Å². The number of aromatic nitrogens is 1. The Morgan fingerprint density at radius 3 is 3.17 bits per heavy atom. The van der Waals surface area contributed by atoms with Gasteiger partial charge < -0.3 is 15.6 Å². The Bertz CT molecular complexity index is 212. The molecule has 3 heteroatoms. The molecule has 3 N–H and O–H groups in total. The van der Waals surface area contributed by atoms with Crippen LogP contribution in [0.25, 0.3) is 0 Å². The van der Waals surface area contributed by atoms with Crippen molar-refractivity contribution in [1.82, 2.24) is 10.3 Å². The highest BCUT2D eigenvalue weighted by atomic mass is 15.0. The number of hydrogen-bond donors (Lipinski definition) is 3. The van der Waals surface area contributed by atoms with Gasteiger partial charge in [0.2, 0.25) is 0 Å². The van der Waals surface area contributed by atoms with Crippen LogP contribution in [0.15, 0.2) is 18.5 Å².